The van der Waals surface area contributed by atoms with Crippen LogP contribution in [0.5, 0.6) is 11.5 Å². The van der Waals surface area contributed by atoms with Crippen LogP contribution in [0, 0.1) is 0 Å². The number of nitrogens with zero attached hydrogens (tertiary/aromatic N) is 2. The number of β-amino-alcohol motifs (C(OH)–C–C–N with tert-alkyl or cyclic N) is 1. The second-order valence-electron chi connectivity index (χ2n) is 8.42. The van der Waals surface area contributed by atoms with Crippen LogP contribution in [-0.2, 0) is 4.74 Å². The molecular formula is C22H26N2O5. The maximum absolute atomic E-state index is 12.7. The van der Waals surface area contributed by atoms with E-state index in [2.05, 4.69) is 0 Å². The highest BCUT2D eigenvalue weighted by Crippen LogP contribution is 2.48. The van der Waals surface area contributed by atoms with Crippen molar-refractivity contribution in [1.29, 1.82) is 0 Å². The van der Waals surface area contributed by atoms with Crippen molar-refractivity contribution in [2.45, 2.75) is 44.6 Å². The summed E-state index contributed by atoms with van der Waals surface area (Å²) < 4.78 is 11.5. The molecule has 3 unspecified atom stereocenters. The summed E-state index contributed by atoms with van der Waals surface area (Å²) in [6.45, 7) is 5.61. The number of fused-ring (bicyclic) bond motifs is 2. The first kappa shape index (κ1) is 19.5. The van der Waals surface area contributed by atoms with Gasteiger partial charge in [-0.1, -0.05) is 24.3 Å². The standard InChI is InChI=1S/C22H26N2O5/c1-22(2,3)29-21(27)23-12-16(20(26)17(25)13-23)24-14-8-4-6-10-18(14)28-19-11-7-5-9-15(19)24/h4-11,16-17,20,25-26H,12-13H2,1-3H3. The first-order chi connectivity index (χ1) is 13.7. The molecule has 1 amide bonds. The van der Waals surface area contributed by atoms with E-state index in [1.54, 1.807) is 20.8 Å². The number of carbonyl (C=O) groups excluding carboxylic acids is 1. The van der Waals surface area contributed by atoms with Crippen LogP contribution in [0.15, 0.2) is 48.5 Å². The molecule has 0 aliphatic carbocycles. The molecule has 2 aliphatic rings. The van der Waals surface area contributed by atoms with E-state index in [1.165, 1.54) is 4.90 Å². The molecule has 1 fully saturated rings. The molecule has 0 spiro atoms. The Hall–Kier alpha value is -2.77. The largest absolute Gasteiger partial charge is 0.453 e. The molecule has 0 bridgehead atoms. The number of likely N-dealkylation sites (tertiary alicyclic amines) is 1. The number of piperidine rings is 1. The van der Waals surface area contributed by atoms with Crippen molar-refractivity contribution in [2.75, 3.05) is 18.0 Å². The minimum absolute atomic E-state index is 0.0141. The van der Waals surface area contributed by atoms with Gasteiger partial charge in [-0.25, -0.2) is 4.79 Å². The van der Waals surface area contributed by atoms with E-state index >= 15 is 0 Å². The lowest BCUT2D eigenvalue weighted by atomic mass is 9.96. The molecule has 7 heteroatoms. The summed E-state index contributed by atoms with van der Waals surface area (Å²) in [6, 6.07) is 14.5. The summed E-state index contributed by atoms with van der Waals surface area (Å²) in [5, 5.41) is 21.4. The van der Waals surface area contributed by atoms with Crippen molar-refractivity contribution >= 4 is 17.5 Å². The molecule has 154 valence electrons. The number of aliphatic hydroxyl groups is 2. The zero-order valence-electron chi connectivity index (χ0n) is 16.8. The molecule has 2 aromatic rings. The molecule has 29 heavy (non-hydrogen) atoms. The summed E-state index contributed by atoms with van der Waals surface area (Å²) in [6.07, 6.45) is -2.65. The summed E-state index contributed by atoms with van der Waals surface area (Å²) in [5.74, 6) is 1.31. The van der Waals surface area contributed by atoms with Crippen LogP contribution in [-0.4, -0.2) is 58.1 Å². The number of para-hydroxylation sites is 4. The van der Waals surface area contributed by atoms with E-state index in [-0.39, 0.29) is 13.1 Å². The van der Waals surface area contributed by atoms with Gasteiger partial charge in [0.05, 0.1) is 30.1 Å². The topological polar surface area (TPSA) is 82.5 Å². The third-order valence-electron chi connectivity index (χ3n) is 5.06. The highest BCUT2D eigenvalue weighted by Gasteiger charge is 2.43. The number of ether oxygens (including phenoxy) is 2. The molecule has 2 aromatic carbocycles. The maximum Gasteiger partial charge on any atom is 0.410 e. The van der Waals surface area contributed by atoms with Crippen LogP contribution in [0.3, 0.4) is 0 Å². The molecule has 2 N–H and O–H groups in total. The zero-order valence-corrected chi connectivity index (χ0v) is 16.8. The van der Waals surface area contributed by atoms with E-state index in [0.29, 0.717) is 11.5 Å². The van der Waals surface area contributed by atoms with Gasteiger partial charge < -0.3 is 29.5 Å². The van der Waals surface area contributed by atoms with Gasteiger partial charge >= 0.3 is 6.09 Å². The number of aliphatic hydroxyl groups excluding tert-OH is 2. The Morgan fingerprint density at radius 3 is 2.10 bits per heavy atom. The van der Waals surface area contributed by atoms with Gasteiger partial charge in [-0.2, -0.15) is 0 Å². The van der Waals surface area contributed by atoms with Gasteiger partial charge in [0.25, 0.3) is 0 Å². The third kappa shape index (κ3) is 3.75. The van der Waals surface area contributed by atoms with Crippen molar-refractivity contribution in [2.24, 2.45) is 0 Å². The van der Waals surface area contributed by atoms with Crippen LogP contribution in [0.25, 0.3) is 0 Å². The van der Waals surface area contributed by atoms with Crippen LogP contribution in [0.2, 0.25) is 0 Å². The fraction of sp³-hybridized carbons (Fsp3) is 0.409. The van der Waals surface area contributed by atoms with Gasteiger partial charge in [-0.05, 0) is 45.0 Å². The lowest BCUT2D eigenvalue weighted by molar-refractivity contribution is -0.0563. The zero-order chi connectivity index (χ0) is 20.8. The van der Waals surface area contributed by atoms with Gasteiger partial charge in [-0.15, -0.1) is 0 Å². The minimum atomic E-state index is -1.09. The average molecular weight is 398 g/mol. The summed E-state index contributed by atoms with van der Waals surface area (Å²) in [4.78, 5) is 16.0. The van der Waals surface area contributed by atoms with Crippen molar-refractivity contribution in [1.82, 2.24) is 4.90 Å². The lowest BCUT2D eigenvalue weighted by Gasteiger charge is -2.46. The van der Waals surface area contributed by atoms with Crippen molar-refractivity contribution < 1.29 is 24.5 Å². The van der Waals surface area contributed by atoms with Gasteiger partial charge in [0.2, 0.25) is 0 Å². The predicted octanol–water partition coefficient (Wildman–Crippen LogP) is 3.27. The predicted molar refractivity (Wildman–Crippen MR) is 109 cm³/mol. The highest BCUT2D eigenvalue weighted by molar-refractivity contribution is 5.79. The van der Waals surface area contributed by atoms with Gasteiger partial charge in [0, 0.05) is 6.54 Å². The number of benzene rings is 2. The van der Waals surface area contributed by atoms with E-state index in [1.807, 2.05) is 53.4 Å². The number of anilines is 2. The van der Waals surface area contributed by atoms with Crippen LogP contribution in [0.4, 0.5) is 16.2 Å². The molecule has 1 saturated heterocycles. The van der Waals surface area contributed by atoms with Crippen LogP contribution >= 0.6 is 0 Å². The summed E-state index contributed by atoms with van der Waals surface area (Å²) in [7, 11) is 0. The van der Waals surface area contributed by atoms with Crippen molar-refractivity contribution in [3.8, 4) is 11.5 Å². The third-order valence-corrected chi connectivity index (χ3v) is 5.06. The smallest absolute Gasteiger partial charge is 0.410 e. The second kappa shape index (κ2) is 7.24. The highest BCUT2D eigenvalue weighted by atomic mass is 16.6. The van der Waals surface area contributed by atoms with Crippen LogP contribution < -0.4 is 9.64 Å². The Balaban J connectivity index is 1.72. The van der Waals surface area contributed by atoms with Gasteiger partial charge in [0.1, 0.15) is 11.7 Å². The first-order valence-electron chi connectivity index (χ1n) is 9.74. The Morgan fingerprint density at radius 1 is 1.00 bits per heavy atom. The Bertz CT molecular complexity index is 865. The van der Waals surface area contributed by atoms with E-state index in [4.69, 9.17) is 9.47 Å². The van der Waals surface area contributed by atoms with Crippen molar-refractivity contribution in [3.63, 3.8) is 0 Å². The number of amides is 1. The fourth-order valence-corrected chi connectivity index (χ4v) is 3.80. The number of carbonyl (C=O) groups is 1. The molecule has 0 aromatic heterocycles. The Labute approximate surface area is 170 Å². The molecular weight excluding hydrogens is 372 g/mol. The number of rotatable bonds is 1. The molecule has 0 radical (unpaired) electrons. The number of hydrogen-bond acceptors (Lipinski definition) is 6. The summed E-state index contributed by atoms with van der Waals surface area (Å²) >= 11 is 0. The molecule has 7 nitrogen and oxygen atoms in total. The molecule has 0 saturated carbocycles. The lowest BCUT2D eigenvalue weighted by Crippen LogP contribution is -2.62. The van der Waals surface area contributed by atoms with E-state index in [9.17, 15) is 15.0 Å². The van der Waals surface area contributed by atoms with E-state index in [0.717, 1.165) is 11.4 Å². The maximum atomic E-state index is 12.7. The number of hydrogen-bond donors (Lipinski definition) is 2. The Morgan fingerprint density at radius 2 is 1.55 bits per heavy atom. The van der Waals surface area contributed by atoms with Gasteiger partial charge in [0.15, 0.2) is 11.5 Å². The normalized spacial score (nSPS) is 23.7. The molecule has 4 rings (SSSR count). The van der Waals surface area contributed by atoms with Crippen molar-refractivity contribution in [3.05, 3.63) is 48.5 Å². The summed E-state index contributed by atoms with van der Waals surface area (Å²) in [5.41, 5.74) is 0.896. The SMILES string of the molecule is CC(C)(C)OC(=O)N1CC(O)C(O)C(N2c3ccccc3Oc3ccccc32)C1. The molecule has 2 aliphatic heterocycles. The van der Waals surface area contributed by atoms with E-state index < -0.39 is 29.9 Å². The quantitative estimate of drug-likeness (QED) is 0.767. The van der Waals surface area contributed by atoms with Crippen LogP contribution in [0.1, 0.15) is 20.8 Å². The monoisotopic (exact) mass is 398 g/mol. The Kier molecular flexibility index (Phi) is 4.88. The van der Waals surface area contributed by atoms with Gasteiger partial charge in [-0.3, -0.25) is 0 Å². The molecule has 2 heterocycles. The second-order valence-corrected chi connectivity index (χ2v) is 8.42. The minimum Gasteiger partial charge on any atom is -0.453 e. The fourth-order valence-electron chi connectivity index (χ4n) is 3.80. The first-order valence-corrected chi connectivity index (χ1v) is 9.74. The molecule has 3 atom stereocenters. The average Bonchev–Trinajstić information content (AvgIpc) is 2.67.